The number of nitrogens with zero attached hydrogens (tertiary/aromatic N) is 2. The molecule has 0 bridgehead atoms. The number of rotatable bonds is 1. The minimum atomic E-state index is 0.961. The minimum Gasteiger partial charge on any atom is -0.248 e. The molecule has 5 rings (SSSR count). The van der Waals surface area contributed by atoms with Gasteiger partial charge in [0.05, 0.1) is 22.6 Å². The predicted octanol–water partition coefficient (Wildman–Crippen LogP) is 5.38. The molecule has 2 heteroatoms. The van der Waals surface area contributed by atoms with Gasteiger partial charge in [-0.3, -0.25) is 0 Å². The molecule has 3 aromatic carbocycles. The van der Waals surface area contributed by atoms with E-state index in [1.807, 2.05) is 42.5 Å². The monoisotopic (exact) mass is 306 g/mol. The van der Waals surface area contributed by atoms with Gasteiger partial charge in [-0.15, -0.1) is 0 Å². The molecule has 0 amide bonds. The fourth-order valence-corrected chi connectivity index (χ4v) is 3.30. The Bertz CT molecular complexity index is 1100. The molecule has 0 fully saturated rings. The molecule has 24 heavy (non-hydrogen) atoms. The third-order valence-electron chi connectivity index (χ3n) is 4.41. The standard InChI is InChI=1S/C22H14N2/c1-2-9-16(10-3-1)23-21-17-11-5-6-12-18(17)22-19(21)14-15-8-4-7-13-20(15)24-22/h1-14H. The van der Waals surface area contributed by atoms with Crippen LogP contribution in [0.5, 0.6) is 0 Å². The average molecular weight is 306 g/mol. The topological polar surface area (TPSA) is 25.2 Å². The second-order valence-corrected chi connectivity index (χ2v) is 5.92. The van der Waals surface area contributed by atoms with Crippen molar-refractivity contribution in [3.8, 4) is 11.3 Å². The van der Waals surface area contributed by atoms with Crippen LogP contribution in [0.3, 0.4) is 0 Å². The van der Waals surface area contributed by atoms with Gasteiger partial charge in [0.25, 0.3) is 0 Å². The number of hydrogen-bond donors (Lipinski definition) is 0. The Labute approximate surface area is 140 Å². The van der Waals surface area contributed by atoms with E-state index >= 15 is 0 Å². The summed E-state index contributed by atoms with van der Waals surface area (Å²) in [6.45, 7) is 0. The molecule has 0 radical (unpaired) electrons. The van der Waals surface area contributed by atoms with E-state index in [9.17, 15) is 0 Å². The Morgan fingerprint density at radius 1 is 0.625 bits per heavy atom. The summed E-state index contributed by atoms with van der Waals surface area (Å²) in [6, 6.07) is 28.9. The molecule has 1 aromatic heterocycles. The summed E-state index contributed by atoms with van der Waals surface area (Å²) < 4.78 is 0. The number of pyridine rings is 1. The van der Waals surface area contributed by atoms with Crippen molar-refractivity contribution in [1.29, 1.82) is 0 Å². The van der Waals surface area contributed by atoms with Gasteiger partial charge in [0, 0.05) is 22.1 Å². The third kappa shape index (κ3) is 1.97. The fraction of sp³-hybridized carbons (Fsp3) is 0. The van der Waals surface area contributed by atoms with Gasteiger partial charge in [0.15, 0.2) is 0 Å². The van der Waals surface area contributed by atoms with Crippen LogP contribution in [0, 0.1) is 0 Å². The van der Waals surface area contributed by atoms with E-state index in [0.717, 1.165) is 44.7 Å². The van der Waals surface area contributed by atoms with Gasteiger partial charge in [-0.05, 0) is 24.3 Å². The lowest BCUT2D eigenvalue weighted by Crippen LogP contribution is -1.98. The molecular weight excluding hydrogens is 292 g/mol. The molecular formula is C22H14N2. The van der Waals surface area contributed by atoms with Gasteiger partial charge in [0.2, 0.25) is 0 Å². The fourth-order valence-electron chi connectivity index (χ4n) is 3.30. The molecule has 4 aromatic rings. The smallest absolute Gasteiger partial charge is 0.0810 e. The van der Waals surface area contributed by atoms with Crippen molar-refractivity contribution in [2.75, 3.05) is 0 Å². The van der Waals surface area contributed by atoms with E-state index in [-0.39, 0.29) is 0 Å². The van der Waals surface area contributed by atoms with Gasteiger partial charge < -0.3 is 0 Å². The van der Waals surface area contributed by atoms with Gasteiger partial charge in [0.1, 0.15) is 0 Å². The summed E-state index contributed by atoms with van der Waals surface area (Å²) in [5.41, 5.74) is 7.44. The lowest BCUT2D eigenvalue weighted by Gasteiger charge is -2.04. The summed E-state index contributed by atoms with van der Waals surface area (Å²) in [6.07, 6.45) is 0. The molecule has 1 aliphatic carbocycles. The molecule has 1 aliphatic rings. The van der Waals surface area contributed by atoms with Crippen molar-refractivity contribution in [3.63, 3.8) is 0 Å². The average Bonchev–Trinajstić information content (AvgIpc) is 2.94. The summed E-state index contributed by atoms with van der Waals surface area (Å²) in [5.74, 6) is 0. The maximum absolute atomic E-state index is 4.92. The molecule has 0 saturated carbocycles. The van der Waals surface area contributed by atoms with E-state index in [1.54, 1.807) is 0 Å². The highest BCUT2D eigenvalue weighted by Crippen LogP contribution is 2.38. The molecule has 0 aliphatic heterocycles. The Morgan fingerprint density at radius 3 is 2.21 bits per heavy atom. The Kier molecular flexibility index (Phi) is 2.83. The van der Waals surface area contributed by atoms with Crippen LogP contribution in [-0.4, -0.2) is 10.7 Å². The normalized spacial score (nSPS) is 13.9. The maximum Gasteiger partial charge on any atom is 0.0810 e. The van der Waals surface area contributed by atoms with Crippen LogP contribution >= 0.6 is 0 Å². The first kappa shape index (κ1) is 13.2. The highest BCUT2D eigenvalue weighted by atomic mass is 14.8. The van der Waals surface area contributed by atoms with Gasteiger partial charge >= 0.3 is 0 Å². The largest absolute Gasteiger partial charge is 0.248 e. The minimum absolute atomic E-state index is 0.961. The first-order valence-corrected chi connectivity index (χ1v) is 8.04. The Balaban J connectivity index is 1.83. The van der Waals surface area contributed by atoms with Crippen LogP contribution in [0.4, 0.5) is 5.69 Å². The molecule has 0 saturated heterocycles. The second-order valence-electron chi connectivity index (χ2n) is 5.92. The summed E-state index contributed by atoms with van der Waals surface area (Å²) in [7, 11) is 0. The van der Waals surface area contributed by atoms with Crippen molar-refractivity contribution in [2.24, 2.45) is 4.99 Å². The molecule has 2 nitrogen and oxygen atoms in total. The summed E-state index contributed by atoms with van der Waals surface area (Å²) in [5, 5.41) is 1.14. The van der Waals surface area contributed by atoms with Crippen LogP contribution in [0.1, 0.15) is 11.1 Å². The second kappa shape index (κ2) is 5.14. The van der Waals surface area contributed by atoms with Gasteiger partial charge in [-0.2, -0.15) is 0 Å². The number of para-hydroxylation sites is 2. The van der Waals surface area contributed by atoms with Gasteiger partial charge in [-0.1, -0.05) is 60.7 Å². The van der Waals surface area contributed by atoms with Crippen molar-refractivity contribution in [3.05, 3.63) is 96.1 Å². The van der Waals surface area contributed by atoms with E-state index in [0.29, 0.717) is 0 Å². The lowest BCUT2D eigenvalue weighted by molar-refractivity contribution is 1.40. The third-order valence-corrected chi connectivity index (χ3v) is 4.41. The van der Waals surface area contributed by atoms with Crippen molar-refractivity contribution >= 4 is 22.3 Å². The molecule has 1 heterocycles. The molecule has 0 unspecified atom stereocenters. The van der Waals surface area contributed by atoms with Crippen LogP contribution in [-0.2, 0) is 0 Å². The highest BCUT2D eigenvalue weighted by Gasteiger charge is 2.26. The van der Waals surface area contributed by atoms with Gasteiger partial charge in [-0.25, -0.2) is 9.98 Å². The van der Waals surface area contributed by atoms with Crippen molar-refractivity contribution in [1.82, 2.24) is 4.98 Å². The first-order valence-electron chi connectivity index (χ1n) is 8.04. The van der Waals surface area contributed by atoms with Crippen molar-refractivity contribution < 1.29 is 0 Å². The molecule has 0 atom stereocenters. The van der Waals surface area contributed by atoms with Crippen LogP contribution < -0.4 is 0 Å². The Hall–Kier alpha value is -3.26. The van der Waals surface area contributed by atoms with E-state index < -0.39 is 0 Å². The summed E-state index contributed by atoms with van der Waals surface area (Å²) in [4.78, 5) is 9.83. The Morgan fingerprint density at radius 2 is 1.33 bits per heavy atom. The van der Waals surface area contributed by atoms with Crippen LogP contribution in [0.2, 0.25) is 0 Å². The van der Waals surface area contributed by atoms with Crippen LogP contribution in [0.25, 0.3) is 22.2 Å². The summed E-state index contributed by atoms with van der Waals surface area (Å²) >= 11 is 0. The zero-order chi connectivity index (χ0) is 15.9. The number of aliphatic imine (C=N–C) groups is 1. The number of benzene rings is 3. The van der Waals surface area contributed by atoms with Crippen molar-refractivity contribution in [2.45, 2.75) is 0 Å². The molecule has 0 spiro atoms. The number of aromatic nitrogens is 1. The quantitative estimate of drug-likeness (QED) is 0.408. The van der Waals surface area contributed by atoms with E-state index in [4.69, 9.17) is 9.98 Å². The predicted molar refractivity (Wildman–Crippen MR) is 98.9 cm³/mol. The highest BCUT2D eigenvalue weighted by molar-refractivity contribution is 6.25. The lowest BCUT2D eigenvalue weighted by atomic mass is 10.1. The zero-order valence-electron chi connectivity index (χ0n) is 13.0. The first-order chi connectivity index (χ1) is 11.9. The SMILES string of the molecule is c1ccc(N=C2c3ccccc3-c3nc4ccccc4cc32)cc1. The van der Waals surface area contributed by atoms with E-state index in [2.05, 4.69) is 42.5 Å². The maximum atomic E-state index is 4.92. The molecule has 0 N–H and O–H groups in total. The van der Waals surface area contributed by atoms with E-state index in [1.165, 1.54) is 0 Å². The number of fused-ring (bicyclic) bond motifs is 4. The van der Waals surface area contributed by atoms with Crippen LogP contribution in [0.15, 0.2) is 89.9 Å². The zero-order valence-corrected chi connectivity index (χ0v) is 13.0. The molecule has 112 valence electrons. The number of hydrogen-bond acceptors (Lipinski definition) is 2.